The minimum Gasteiger partial charge on any atom is -0.278 e. The standard InChI is InChI=1S/C9H8N4O4S/c14-7-8(11-12-9(15)10-7)18(16,17)13-6-4-2-1-3-5-6/h1-5,13H,(H2,10,12,14,15). The van der Waals surface area contributed by atoms with Gasteiger partial charge in [0, 0.05) is 5.69 Å². The van der Waals surface area contributed by atoms with Crippen LogP contribution >= 0.6 is 0 Å². The Balaban J connectivity index is 2.43. The maximum atomic E-state index is 11.8. The van der Waals surface area contributed by atoms with Crippen LogP contribution in [-0.4, -0.2) is 23.6 Å². The van der Waals surface area contributed by atoms with Crippen LogP contribution in [0.4, 0.5) is 5.69 Å². The normalized spacial score (nSPS) is 11.1. The summed E-state index contributed by atoms with van der Waals surface area (Å²) >= 11 is 0. The van der Waals surface area contributed by atoms with Gasteiger partial charge in [-0.1, -0.05) is 18.2 Å². The van der Waals surface area contributed by atoms with Crippen molar-refractivity contribution in [3.8, 4) is 0 Å². The molecule has 0 radical (unpaired) electrons. The van der Waals surface area contributed by atoms with E-state index in [1.54, 1.807) is 23.2 Å². The first-order chi connectivity index (χ1) is 8.49. The topological polar surface area (TPSA) is 125 Å². The third kappa shape index (κ3) is 2.46. The Hall–Kier alpha value is -2.42. The van der Waals surface area contributed by atoms with Gasteiger partial charge >= 0.3 is 5.69 Å². The lowest BCUT2D eigenvalue weighted by Crippen LogP contribution is -2.31. The number of nitrogens with one attached hydrogen (secondary N) is 3. The fraction of sp³-hybridized carbons (Fsp3) is 0. The van der Waals surface area contributed by atoms with Crippen molar-refractivity contribution in [3.05, 3.63) is 51.2 Å². The molecule has 1 aromatic heterocycles. The molecule has 0 amide bonds. The van der Waals surface area contributed by atoms with Crippen molar-refractivity contribution in [1.29, 1.82) is 0 Å². The lowest BCUT2D eigenvalue weighted by atomic mass is 10.3. The summed E-state index contributed by atoms with van der Waals surface area (Å²) < 4.78 is 25.8. The summed E-state index contributed by atoms with van der Waals surface area (Å²) in [6.07, 6.45) is 0. The average molecular weight is 268 g/mol. The third-order valence-corrected chi connectivity index (χ3v) is 3.25. The molecule has 0 fully saturated rings. The van der Waals surface area contributed by atoms with Gasteiger partial charge in [0.15, 0.2) is 0 Å². The molecule has 0 aliphatic carbocycles. The number of H-pyrrole nitrogens is 2. The average Bonchev–Trinajstić information content (AvgIpc) is 2.29. The largest absolute Gasteiger partial charge is 0.342 e. The Morgan fingerprint density at radius 1 is 1.11 bits per heavy atom. The molecule has 0 saturated heterocycles. The van der Waals surface area contributed by atoms with Gasteiger partial charge in [0.1, 0.15) is 0 Å². The SMILES string of the molecule is O=c1[nH]nc(S(=O)(=O)Nc2ccccc2)c(=O)[nH]1. The number of para-hydroxylation sites is 1. The van der Waals surface area contributed by atoms with E-state index >= 15 is 0 Å². The van der Waals surface area contributed by atoms with Crippen molar-refractivity contribution in [1.82, 2.24) is 15.2 Å². The van der Waals surface area contributed by atoms with Gasteiger partial charge in [-0.2, -0.15) is 13.5 Å². The monoisotopic (exact) mass is 268 g/mol. The number of rotatable bonds is 3. The third-order valence-electron chi connectivity index (χ3n) is 1.96. The maximum Gasteiger partial charge on any atom is 0.342 e. The Morgan fingerprint density at radius 3 is 2.39 bits per heavy atom. The highest BCUT2D eigenvalue weighted by Crippen LogP contribution is 2.10. The number of sulfonamides is 1. The Kier molecular flexibility index (Phi) is 2.98. The first-order valence-corrected chi connectivity index (χ1v) is 6.24. The van der Waals surface area contributed by atoms with Gasteiger partial charge in [0.05, 0.1) is 0 Å². The summed E-state index contributed by atoms with van der Waals surface area (Å²) in [6.45, 7) is 0. The predicted molar refractivity (Wildman–Crippen MR) is 62.7 cm³/mol. The van der Waals surface area contributed by atoms with Crippen LogP contribution in [-0.2, 0) is 10.0 Å². The zero-order valence-corrected chi connectivity index (χ0v) is 9.69. The second-order valence-electron chi connectivity index (χ2n) is 3.28. The summed E-state index contributed by atoms with van der Waals surface area (Å²) in [7, 11) is -4.14. The molecule has 3 N–H and O–H groups in total. The van der Waals surface area contributed by atoms with Crippen LogP contribution < -0.4 is 16.0 Å². The van der Waals surface area contributed by atoms with Crippen molar-refractivity contribution in [2.24, 2.45) is 0 Å². The van der Waals surface area contributed by atoms with Crippen molar-refractivity contribution in [2.45, 2.75) is 5.03 Å². The van der Waals surface area contributed by atoms with Gasteiger partial charge < -0.3 is 0 Å². The number of hydrogen-bond donors (Lipinski definition) is 3. The lowest BCUT2D eigenvalue weighted by Gasteiger charge is -2.05. The zero-order valence-electron chi connectivity index (χ0n) is 8.88. The molecule has 2 aromatic rings. The molecule has 0 bridgehead atoms. The Labute approximate surface area is 101 Å². The zero-order chi connectivity index (χ0) is 13.2. The van der Waals surface area contributed by atoms with E-state index in [0.717, 1.165) is 0 Å². The smallest absolute Gasteiger partial charge is 0.278 e. The number of hydrogen-bond acceptors (Lipinski definition) is 5. The summed E-state index contributed by atoms with van der Waals surface area (Å²) in [5.41, 5.74) is -1.68. The number of aromatic amines is 2. The highest BCUT2D eigenvalue weighted by Gasteiger charge is 2.20. The summed E-state index contributed by atoms with van der Waals surface area (Å²) in [5, 5.41) is 4.27. The number of aromatic nitrogens is 3. The van der Waals surface area contributed by atoms with Crippen molar-refractivity contribution >= 4 is 15.7 Å². The fourth-order valence-corrected chi connectivity index (χ4v) is 2.23. The first-order valence-electron chi connectivity index (χ1n) is 4.76. The molecule has 2 rings (SSSR count). The maximum absolute atomic E-state index is 11.8. The molecule has 0 atom stereocenters. The molecule has 94 valence electrons. The second kappa shape index (κ2) is 4.45. The summed E-state index contributed by atoms with van der Waals surface area (Å²) in [4.78, 5) is 23.8. The van der Waals surface area contributed by atoms with Gasteiger partial charge in [-0.05, 0) is 12.1 Å². The Bertz CT molecular complexity index is 763. The quantitative estimate of drug-likeness (QED) is 0.676. The second-order valence-corrected chi connectivity index (χ2v) is 4.88. The number of benzene rings is 1. The van der Waals surface area contributed by atoms with Crippen molar-refractivity contribution in [2.75, 3.05) is 4.72 Å². The van der Waals surface area contributed by atoms with E-state index in [2.05, 4.69) is 9.82 Å². The molecule has 0 unspecified atom stereocenters. The molecule has 1 heterocycles. The van der Waals surface area contributed by atoms with E-state index in [4.69, 9.17) is 0 Å². The molecule has 0 aliphatic rings. The minimum absolute atomic E-state index is 0.282. The van der Waals surface area contributed by atoms with E-state index in [0.29, 0.717) is 0 Å². The number of nitrogens with zero attached hydrogens (tertiary/aromatic N) is 1. The van der Waals surface area contributed by atoms with Gasteiger partial charge in [-0.3, -0.25) is 14.5 Å². The van der Waals surface area contributed by atoms with Crippen LogP contribution in [0.5, 0.6) is 0 Å². The van der Waals surface area contributed by atoms with Crippen molar-refractivity contribution in [3.63, 3.8) is 0 Å². The molecular formula is C9H8N4O4S. The van der Waals surface area contributed by atoms with Crippen LogP contribution in [0.25, 0.3) is 0 Å². The molecule has 8 nitrogen and oxygen atoms in total. The van der Waals surface area contributed by atoms with Gasteiger partial charge in [-0.15, -0.1) is 0 Å². The van der Waals surface area contributed by atoms with Crippen LogP contribution in [0.15, 0.2) is 44.9 Å². The van der Waals surface area contributed by atoms with Crippen LogP contribution in [0, 0.1) is 0 Å². The molecule has 0 saturated carbocycles. The highest BCUT2D eigenvalue weighted by atomic mass is 32.2. The van der Waals surface area contributed by atoms with E-state index in [9.17, 15) is 18.0 Å². The summed E-state index contributed by atoms with van der Waals surface area (Å²) in [5.74, 6) is 0. The van der Waals surface area contributed by atoms with Gasteiger partial charge in [0.25, 0.3) is 20.6 Å². The van der Waals surface area contributed by atoms with Crippen LogP contribution in [0.1, 0.15) is 0 Å². The molecule has 9 heteroatoms. The van der Waals surface area contributed by atoms with Crippen molar-refractivity contribution < 1.29 is 8.42 Å². The molecule has 0 spiro atoms. The predicted octanol–water partition coefficient (Wildman–Crippen LogP) is -0.741. The van der Waals surface area contributed by atoms with E-state index < -0.39 is 26.3 Å². The van der Waals surface area contributed by atoms with E-state index in [1.807, 2.05) is 5.10 Å². The molecule has 18 heavy (non-hydrogen) atoms. The molecule has 1 aromatic carbocycles. The molecule has 0 aliphatic heterocycles. The van der Waals surface area contributed by atoms with E-state index in [-0.39, 0.29) is 5.69 Å². The van der Waals surface area contributed by atoms with Crippen LogP contribution in [0.3, 0.4) is 0 Å². The molecular weight excluding hydrogens is 260 g/mol. The van der Waals surface area contributed by atoms with Gasteiger partial charge in [0.2, 0.25) is 0 Å². The van der Waals surface area contributed by atoms with E-state index in [1.165, 1.54) is 12.1 Å². The van der Waals surface area contributed by atoms with Crippen LogP contribution in [0.2, 0.25) is 0 Å². The lowest BCUT2D eigenvalue weighted by molar-refractivity contribution is 0.591. The first kappa shape index (κ1) is 12.0. The summed E-state index contributed by atoms with van der Waals surface area (Å²) in [6, 6.07) is 7.99. The number of anilines is 1. The highest BCUT2D eigenvalue weighted by molar-refractivity contribution is 7.92. The van der Waals surface area contributed by atoms with Gasteiger partial charge in [-0.25, -0.2) is 9.89 Å². The fourth-order valence-electron chi connectivity index (χ4n) is 1.23. The minimum atomic E-state index is -4.14. The Morgan fingerprint density at radius 2 is 1.78 bits per heavy atom.